The molecule has 2 atom stereocenters. The van der Waals surface area contributed by atoms with Crippen LogP contribution >= 0.6 is 0 Å². The van der Waals surface area contributed by atoms with Gasteiger partial charge in [0.2, 0.25) is 0 Å². The smallest absolute Gasteiger partial charge is 0.333 e. The molecule has 5 aromatic carbocycles. The summed E-state index contributed by atoms with van der Waals surface area (Å²) in [6, 6.07) is 37.0. The van der Waals surface area contributed by atoms with Gasteiger partial charge in [0.25, 0.3) is 0 Å². The Bertz CT molecular complexity index is 2300. The van der Waals surface area contributed by atoms with E-state index in [9.17, 15) is 13.2 Å². The molecule has 2 unspecified atom stereocenters. The molecule has 1 aromatic heterocycles. The first-order valence-corrected chi connectivity index (χ1v) is 18.3. The first-order valence-electron chi connectivity index (χ1n) is 18.3. The number of nitrogens with zero attached hydrogens (tertiary/aromatic N) is 2. The normalized spacial score (nSPS) is 19.4. The van der Waals surface area contributed by atoms with Crippen molar-refractivity contribution in [1.82, 2.24) is 4.57 Å². The number of para-hydroxylation sites is 3. The number of anilines is 2. The van der Waals surface area contributed by atoms with Gasteiger partial charge in [-0.15, -0.1) is 0 Å². The van der Waals surface area contributed by atoms with Crippen LogP contribution in [0.1, 0.15) is 63.0 Å². The second kappa shape index (κ2) is 12.0. The zero-order valence-corrected chi connectivity index (χ0v) is 29.0. The summed E-state index contributed by atoms with van der Waals surface area (Å²) in [5, 5.41) is 2.02. The summed E-state index contributed by atoms with van der Waals surface area (Å²) < 4.78 is 45.8. The van der Waals surface area contributed by atoms with Crippen molar-refractivity contribution in [3.63, 3.8) is 0 Å². The summed E-state index contributed by atoms with van der Waals surface area (Å²) in [4.78, 5) is 2.38. The maximum Gasteiger partial charge on any atom is 0.416 e. The van der Waals surface area contributed by atoms with Gasteiger partial charge in [0.1, 0.15) is 0 Å². The molecule has 2 aliphatic carbocycles. The van der Waals surface area contributed by atoms with E-state index in [0.717, 1.165) is 38.7 Å². The van der Waals surface area contributed by atoms with E-state index in [1.165, 1.54) is 55.4 Å². The molecule has 1 saturated carbocycles. The number of aromatic nitrogens is 1. The van der Waals surface area contributed by atoms with Gasteiger partial charge in [0.15, 0.2) is 0 Å². The highest BCUT2D eigenvalue weighted by molar-refractivity contribution is 6.09. The Morgan fingerprint density at radius 1 is 0.647 bits per heavy atom. The zero-order chi connectivity index (χ0) is 34.9. The number of hydrogen-bond donors (Lipinski definition) is 0. The van der Waals surface area contributed by atoms with Gasteiger partial charge in [-0.3, -0.25) is 0 Å². The molecule has 0 amide bonds. The van der Waals surface area contributed by atoms with Crippen molar-refractivity contribution >= 4 is 33.2 Å². The Morgan fingerprint density at radius 2 is 1.31 bits per heavy atom. The van der Waals surface area contributed by atoms with Gasteiger partial charge in [0, 0.05) is 33.8 Å². The van der Waals surface area contributed by atoms with Crippen molar-refractivity contribution in [2.45, 2.75) is 64.1 Å². The third kappa shape index (κ3) is 5.32. The van der Waals surface area contributed by atoms with Gasteiger partial charge in [-0.2, -0.15) is 13.2 Å². The van der Waals surface area contributed by atoms with Gasteiger partial charge in [0.05, 0.1) is 22.6 Å². The van der Waals surface area contributed by atoms with E-state index in [4.69, 9.17) is 0 Å². The number of fused-ring (bicyclic) bond motifs is 6. The molecule has 2 heterocycles. The second-order valence-electron chi connectivity index (χ2n) is 15.2. The van der Waals surface area contributed by atoms with E-state index >= 15 is 0 Å². The second-order valence-corrected chi connectivity index (χ2v) is 15.2. The lowest BCUT2D eigenvalue weighted by Crippen LogP contribution is -2.33. The number of benzene rings is 5. The van der Waals surface area contributed by atoms with Crippen molar-refractivity contribution in [3.8, 4) is 16.8 Å². The fourth-order valence-corrected chi connectivity index (χ4v) is 9.25. The Morgan fingerprint density at radius 3 is 2.04 bits per heavy atom. The Labute approximate surface area is 297 Å². The molecule has 6 aromatic rings. The van der Waals surface area contributed by atoms with Crippen LogP contribution in [0.5, 0.6) is 0 Å². The van der Waals surface area contributed by atoms with Crippen LogP contribution in [0.2, 0.25) is 0 Å². The van der Waals surface area contributed by atoms with E-state index in [-0.39, 0.29) is 17.4 Å². The molecule has 3 aliphatic rings. The number of rotatable bonds is 5. The van der Waals surface area contributed by atoms with E-state index in [2.05, 4.69) is 73.4 Å². The van der Waals surface area contributed by atoms with Crippen LogP contribution in [0, 0.1) is 11.3 Å². The minimum Gasteiger partial charge on any atom is -0.333 e. The fraction of sp³-hybridized carbons (Fsp3) is 0.261. The lowest BCUT2D eigenvalue weighted by Gasteiger charge is -2.40. The number of allylic oxidation sites excluding steroid dienone is 2. The van der Waals surface area contributed by atoms with Crippen molar-refractivity contribution in [1.29, 1.82) is 0 Å². The van der Waals surface area contributed by atoms with Gasteiger partial charge in [-0.05, 0) is 95.0 Å². The first kappa shape index (κ1) is 31.9. The highest BCUT2D eigenvalue weighted by Gasteiger charge is 2.41. The minimum atomic E-state index is -4.51. The fourth-order valence-electron chi connectivity index (χ4n) is 9.25. The topological polar surface area (TPSA) is 8.17 Å². The van der Waals surface area contributed by atoms with Crippen LogP contribution in [0.3, 0.4) is 0 Å². The number of hydrogen-bond acceptors (Lipinski definition) is 1. The summed E-state index contributed by atoms with van der Waals surface area (Å²) in [5.74, 6) is 0.881. The van der Waals surface area contributed by atoms with Crippen LogP contribution < -0.4 is 4.90 Å². The van der Waals surface area contributed by atoms with Crippen molar-refractivity contribution < 1.29 is 13.2 Å². The standard InChI is InChI=1S/C46H41F3N2/c1-45(2,32-14-4-3-5-15-32)33-23-24-44-40(29-33)39-19-8-11-22-43(39)50(44)35-16-12-13-30(26-35)31-25-34(46(47,48)49)28-36(27-31)51-41-20-9-6-17-37(41)38-18-7-10-21-42(38)51/h6-13,16-29,32,40,44H,3-5,14-15H2,1-2H3. The average molecular weight is 679 g/mol. The summed E-state index contributed by atoms with van der Waals surface area (Å²) in [7, 11) is 0. The van der Waals surface area contributed by atoms with Crippen LogP contribution in [0.15, 0.2) is 139 Å². The van der Waals surface area contributed by atoms with E-state index in [1.807, 2.05) is 71.3 Å². The summed E-state index contributed by atoms with van der Waals surface area (Å²) in [5.41, 5.74) is 7.78. The third-order valence-electron chi connectivity index (χ3n) is 12.0. The van der Waals surface area contributed by atoms with Crippen molar-refractivity contribution in [2.24, 2.45) is 11.3 Å². The van der Waals surface area contributed by atoms with E-state index in [0.29, 0.717) is 17.2 Å². The molecule has 51 heavy (non-hydrogen) atoms. The van der Waals surface area contributed by atoms with Gasteiger partial charge < -0.3 is 9.47 Å². The lowest BCUT2D eigenvalue weighted by molar-refractivity contribution is -0.137. The molecule has 2 nitrogen and oxygen atoms in total. The molecule has 0 saturated heterocycles. The van der Waals surface area contributed by atoms with Crippen LogP contribution in [0.25, 0.3) is 38.6 Å². The van der Waals surface area contributed by atoms with Crippen LogP contribution in [0.4, 0.5) is 24.5 Å². The number of halogens is 3. The minimum absolute atomic E-state index is 0.0817. The molecule has 0 N–H and O–H groups in total. The molecule has 0 bridgehead atoms. The summed E-state index contributed by atoms with van der Waals surface area (Å²) in [6.07, 6.45) is 9.26. The van der Waals surface area contributed by atoms with Crippen molar-refractivity contribution in [2.75, 3.05) is 4.90 Å². The van der Waals surface area contributed by atoms with Crippen LogP contribution in [-0.2, 0) is 6.18 Å². The highest BCUT2D eigenvalue weighted by atomic mass is 19.4. The molecule has 0 radical (unpaired) electrons. The zero-order valence-electron chi connectivity index (χ0n) is 29.0. The molecule has 1 aliphatic heterocycles. The molecule has 9 rings (SSSR count). The predicted octanol–water partition coefficient (Wildman–Crippen LogP) is 13.2. The maximum absolute atomic E-state index is 14.6. The Balaban J connectivity index is 1.14. The highest BCUT2D eigenvalue weighted by Crippen LogP contribution is 2.52. The maximum atomic E-state index is 14.6. The monoisotopic (exact) mass is 678 g/mol. The first-order chi connectivity index (χ1) is 24.7. The van der Waals surface area contributed by atoms with Crippen molar-refractivity contribution in [3.05, 3.63) is 150 Å². The third-order valence-corrected chi connectivity index (χ3v) is 12.0. The molecular formula is C46H41F3N2. The quantitative estimate of drug-likeness (QED) is 0.176. The lowest BCUT2D eigenvalue weighted by atomic mass is 9.65. The number of alkyl halides is 3. The molecule has 1 fully saturated rings. The van der Waals surface area contributed by atoms with E-state index < -0.39 is 11.7 Å². The van der Waals surface area contributed by atoms with Gasteiger partial charge >= 0.3 is 6.18 Å². The van der Waals surface area contributed by atoms with Gasteiger partial charge in [-0.1, -0.05) is 118 Å². The molecule has 256 valence electrons. The largest absolute Gasteiger partial charge is 0.416 e. The average Bonchev–Trinajstić information content (AvgIpc) is 3.67. The Hall–Kier alpha value is -5.03. The summed E-state index contributed by atoms with van der Waals surface area (Å²) in [6.45, 7) is 4.84. The Kier molecular flexibility index (Phi) is 7.54. The van der Waals surface area contributed by atoms with Gasteiger partial charge in [-0.25, -0.2) is 0 Å². The van der Waals surface area contributed by atoms with Crippen LogP contribution in [-0.4, -0.2) is 10.6 Å². The predicted molar refractivity (Wildman–Crippen MR) is 204 cm³/mol. The molecular weight excluding hydrogens is 638 g/mol. The SMILES string of the molecule is CC(C)(C1=CC2c3ccccc3N(c3cccc(-c4cc(-n5c6ccccc6c6ccccc65)cc(C(F)(F)F)c4)c3)C2C=C1)C1CCCCC1. The van der Waals surface area contributed by atoms with E-state index in [1.54, 1.807) is 0 Å². The molecule has 0 spiro atoms. The molecule has 5 heteroatoms. The summed E-state index contributed by atoms with van der Waals surface area (Å²) >= 11 is 0.